The molecular weight excluding hydrogens is 437 g/mol. The number of carbonyl (C=O) groups is 1. The van der Waals surface area contributed by atoms with Crippen molar-refractivity contribution >= 4 is 31.7 Å². The van der Waals surface area contributed by atoms with Crippen LogP contribution in [0.2, 0.25) is 0 Å². The van der Waals surface area contributed by atoms with E-state index in [4.69, 9.17) is 4.74 Å². The number of amides is 1. The molecule has 0 aliphatic carbocycles. The Morgan fingerprint density at radius 3 is 2.52 bits per heavy atom. The molecule has 0 unspecified atom stereocenters. The number of benzene rings is 2. The van der Waals surface area contributed by atoms with Gasteiger partial charge < -0.3 is 9.64 Å². The average molecular weight is 456 g/mol. The van der Waals surface area contributed by atoms with Crippen LogP contribution in [0.1, 0.15) is 12.0 Å². The number of halogens is 2. The Bertz CT molecular complexity index is 918. The Morgan fingerprint density at radius 1 is 1.19 bits per heavy atom. The van der Waals surface area contributed by atoms with E-state index in [0.717, 1.165) is 4.47 Å². The van der Waals surface area contributed by atoms with Gasteiger partial charge in [-0.1, -0.05) is 34.1 Å². The van der Waals surface area contributed by atoms with E-state index >= 15 is 0 Å². The van der Waals surface area contributed by atoms with Crippen LogP contribution in [0.25, 0.3) is 0 Å². The normalized spacial score (nSPS) is 18.2. The Balaban J connectivity index is 1.75. The third-order valence-electron chi connectivity index (χ3n) is 4.44. The van der Waals surface area contributed by atoms with Crippen molar-refractivity contribution in [3.05, 3.63) is 64.4 Å². The first-order chi connectivity index (χ1) is 12.8. The van der Waals surface area contributed by atoms with Crippen molar-refractivity contribution in [1.82, 2.24) is 4.90 Å². The van der Waals surface area contributed by atoms with Crippen LogP contribution in [-0.2, 0) is 21.2 Å². The zero-order chi connectivity index (χ0) is 19.4. The molecule has 2 aromatic carbocycles. The molecule has 3 rings (SSSR count). The molecule has 1 aliphatic rings. The standard InChI is InChI=1S/C19H19BrFNO4S/c20-15-5-7-17(8-6-15)26-12-19(23)22(16-9-10-27(24,25)13-16)11-14-3-1-2-4-18(14)21/h1-8,16H,9-13H2/t16-/m1/s1. The van der Waals surface area contributed by atoms with Gasteiger partial charge >= 0.3 is 0 Å². The molecule has 5 nitrogen and oxygen atoms in total. The van der Waals surface area contributed by atoms with Gasteiger partial charge in [0.05, 0.1) is 11.5 Å². The largest absolute Gasteiger partial charge is 0.484 e. The first kappa shape index (κ1) is 19.8. The molecular formula is C19H19BrFNO4S. The van der Waals surface area contributed by atoms with Gasteiger partial charge in [-0.3, -0.25) is 4.79 Å². The summed E-state index contributed by atoms with van der Waals surface area (Å²) in [4.78, 5) is 14.2. The average Bonchev–Trinajstić information content (AvgIpc) is 3.00. The van der Waals surface area contributed by atoms with Gasteiger partial charge in [0.2, 0.25) is 0 Å². The van der Waals surface area contributed by atoms with Crippen LogP contribution in [0.3, 0.4) is 0 Å². The number of rotatable bonds is 6. The van der Waals surface area contributed by atoms with Crippen molar-refractivity contribution in [2.75, 3.05) is 18.1 Å². The SMILES string of the molecule is O=C(COc1ccc(Br)cc1)N(Cc1ccccc1F)[C@@H]1CCS(=O)(=O)C1. The summed E-state index contributed by atoms with van der Waals surface area (Å²) in [6, 6.07) is 12.7. The van der Waals surface area contributed by atoms with E-state index in [0.29, 0.717) is 17.7 Å². The van der Waals surface area contributed by atoms with Crippen LogP contribution in [0, 0.1) is 5.82 Å². The van der Waals surface area contributed by atoms with E-state index in [1.807, 2.05) is 0 Å². The topological polar surface area (TPSA) is 63.7 Å². The molecule has 1 aliphatic heterocycles. The number of nitrogens with zero attached hydrogens (tertiary/aromatic N) is 1. The van der Waals surface area contributed by atoms with Gasteiger partial charge in [0.15, 0.2) is 16.4 Å². The second kappa shape index (κ2) is 8.39. The summed E-state index contributed by atoms with van der Waals surface area (Å²) in [6.07, 6.45) is 0.348. The smallest absolute Gasteiger partial charge is 0.261 e. The van der Waals surface area contributed by atoms with Gasteiger partial charge in [0.1, 0.15) is 11.6 Å². The van der Waals surface area contributed by atoms with Crippen molar-refractivity contribution in [3.8, 4) is 5.75 Å². The van der Waals surface area contributed by atoms with Gasteiger partial charge in [-0.05, 0) is 36.8 Å². The zero-order valence-electron chi connectivity index (χ0n) is 14.5. The molecule has 1 amide bonds. The molecule has 0 spiro atoms. The Kier molecular flexibility index (Phi) is 6.16. The monoisotopic (exact) mass is 455 g/mol. The lowest BCUT2D eigenvalue weighted by Gasteiger charge is -2.28. The summed E-state index contributed by atoms with van der Waals surface area (Å²) in [5.41, 5.74) is 0.346. The highest BCUT2D eigenvalue weighted by atomic mass is 79.9. The lowest BCUT2D eigenvalue weighted by molar-refractivity contribution is -0.136. The molecule has 0 aromatic heterocycles. The second-order valence-electron chi connectivity index (χ2n) is 6.41. The van der Waals surface area contributed by atoms with Crippen LogP contribution in [0.4, 0.5) is 4.39 Å². The molecule has 0 radical (unpaired) electrons. The number of hydrogen-bond acceptors (Lipinski definition) is 4. The van der Waals surface area contributed by atoms with E-state index < -0.39 is 21.7 Å². The second-order valence-corrected chi connectivity index (χ2v) is 9.56. The van der Waals surface area contributed by atoms with Crippen molar-refractivity contribution in [3.63, 3.8) is 0 Å². The minimum Gasteiger partial charge on any atom is -0.484 e. The number of hydrogen-bond donors (Lipinski definition) is 0. The van der Waals surface area contributed by atoms with Gasteiger partial charge in [0, 0.05) is 22.6 Å². The van der Waals surface area contributed by atoms with Crippen LogP contribution in [-0.4, -0.2) is 43.4 Å². The minimum absolute atomic E-state index is 0.00932. The first-order valence-electron chi connectivity index (χ1n) is 8.46. The van der Waals surface area contributed by atoms with E-state index in [-0.39, 0.29) is 30.6 Å². The van der Waals surface area contributed by atoms with Gasteiger partial charge in [-0.25, -0.2) is 12.8 Å². The molecule has 0 N–H and O–H groups in total. The van der Waals surface area contributed by atoms with Crippen LogP contribution in [0.5, 0.6) is 5.75 Å². The predicted molar refractivity (Wildman–Crippen MR) is 104 cm³/mol. The molecule has 1 saturated heterocycles. The van der Waals surface area contributed by atoms with E-state index in [9.17, 15) is 17.6 Å². The first-order valence-corrected chi connectivity index (χ1v) is 11.1. The molecule has 2 aromatic rings. The molecule has 0 saturated carbocycles. The summed E-state index contributed by atoms with van der Waals surface area (Å²) < 4.78 is 44.2. The third-order valence-corrected chi connectivity index (χ3v) is 6.72. The zero-order valence-corrected chi connectivity index (χ0v) is 16.9. The minimum atomic E-state index is -3.18. The Labute approximate surface area is 166 Å². The van der Waals surface area contributed by atoms with E-state index in [1.54, 1.807) is 42.5 Å². The van der Waals surface area contributed by atoms with Crippen LogP contribution < -0.4 is 4.74 Å². The number of ether oxygens (including phenoxy) is 1. The van der Waals surface area contributed by atoms with Gasteiger partial charge in [-0.15, -0.1) is 0 Å². The molecule has 1 fully saturated rings. The highest BCUT2D eigenvalue weighted by Crippen LogP contribution is 2.22. The summed E-state index contributed by atoms with van der Waals surface area (Å²) in [5.74, 6) is -0.345. The summed E-state index contributed by atoms with van der Waals surface area (Å²) in [6.45, 7) is -0.234. The number of sulfone groups is 1. The lowest BCUT2D eigenvalue weighted by atomic mass is 10.1. The van der Waals surface area contributed by atoms with Crippen molar-refractivity contribution in [2.24, 2.45) is 0 Å². The fourth-order valence-corrected chi connectivity index (χ4v) is 5.01. The summed E-state index contributed by atoms with van der Waals surface area (Å²) in [7, 11) is -3.18. The van der Waals surface area contributed by atoms with Gasteiger partial charge in [-0.2, -0.15) is 0 Å². The van der Waals surface area contributed by atoms with E-state index in [1.165, 1.54) is 11.0 Å². The maximum Gasteiger partial charge on any atom is 0.261 e. The quantitative estimate of drug-likeness (QED) is 0.670. The molecule has 1 atom stereocenters. The fraction of sp³-hybridized carbons (Fsp3) is 0.316. The molecule has 144 valence electrons. The van der Waals surface area contributed by atoms with Crippen molar-refractivity contribution in [1.29, 1.82) is 0 Å². The maximum atomic E-state index is 14.0. The summed E-state index contributed by atoms with van der Waals surface area (Å²) in [5, 5.41) is 0. The Morgan fingerprint density at radius 2 is 1.89 bits per heavy atom. The van der Waals surface area contributed by atoms with Gasteiger partial charge in [0.25, 0.3) is 5.91 Å². The molecule has 8 heteroatoms. The maximum absolute atomic E-state index is 14.0. The lowest BCUT2D eigenvalue weighted by Crippen LogP contribution is -2.43. The molecule has 0 bridgehead atoms. The Hall–Kier alpha value is -1.93. The fourth-order valence-electron chi connectivity index (χ4n) is 3.01. The third kappa shape index (κ3) is 5.29. The predicted octanol–water partition coefficient (Wildman–Crippen LogP) is 3.18. The highest BCUT2D eigenvalue weighted by molar-refractivity contribution is 9.10. The molecule has 27 heavy (non-hydrogen) atoms. The molecule has 1 heterocycles. The van der Waals surface area contributed by atoms with Crippen molar-refractivity contribution < 1.29 is 22.3 Å². The highest BCUT2D eigenvalue weighted by Gasteiger charge is 2.35. The van der Waals surface area contributed by atoms with Crippen LogP contribution >= 0.6 is 15.9 Å². The van der Waals surface area contributed by atoms with E-state index in [2.05, 4.69) is 15.9 Å². The van der Waals surface area contributed by atoms with Crippen LogP contribution in [0.15, 0.2) is 53.0 Å². The summed E-state index contributed by atoms with van der Waals surface area (Å²) >= 11 is 3.32. The number of carbonyl (C=O) groups excluding carboxylic acids is 1. The van der Waals surface area contributed by atoms with Crippen molar-refractivity contribution in [2.45, 2.75) is 19.0 Å².